The van der Waals surface area contributed by atoms with Crippen molar-refractivity contribution in [1.82, 2.24) is 20.9 Å². The van der Waals surface area contributed by atoms with Gasteiger partial charge in [-0.1, -0.05) is 75.7 Å². The molecule has 1 aliphatic heterocycles. The van der Waals surface area contributed by atoms with Crippen LogP contribution in [0, 0.1) is 5.92 Å². The maximum atomic E-state index is 13.7. The summed E-state index contributed by atoms with van der Waals surface area (Å²) in [7, 11) is 1.67. The molecule has 3 N–H and O–H groups in total. The number of aryl methyl sites for hydroxylation is 1. The van der Waals surface area contributed by atoms with Crippen LogP contribution < -0.4 is 20.7 Å². The fraction of sp³-hybridized carbons (Fsp3) is 0.516. The molecule has 2 aromatic carbocycles. The Hall–Kier alpha value is -3.39. The molecule has 0 fully saturated rings. The Morgan fingerprint density at radius 3 is 2.41 bits per heavy atom. The Bertz CT molecular complexity index is 1080. The largest absolute Gasteiger partial charge is 0.492 e. The van der Waals surface area contributed by atoms with Gasteiger partial charge >= 0.3 is 0 Å². The van der Waals surface area contributed by atoms with Gasteiger partial charge in [-0.3, -0.25) is 14.4 Å². The molecule has 0 spiro atoms. The molecule has 1 heterocycles. The van der Waals surface area contributed by atoms with Crippen LogP contribution in [0.15, 0.2) is 54.6 Å². The number of carbonyl (C=O) groups is 3. The SMILES string of the molecule is CCC(C)[C@@H]1NCCOc2ccccc2CCCNC(=O)C(Cc2ccccc2)NC(=O)C(CC)N(C)C1=O. The van der Waals surface area contributed by atoms with Crippen molar-refractivity contribution in [2.75, 3.05) is 26.7 Å². The molecule has 39 heavy (non-hydrogen) atoms. The van der Waals surface area contributed by atoms with Gasteiger partial charge in [-0.2, -0.15) is 0 Å². The van der Waals surface area contributed by atoms with Gasteiger partial charge in [0, 0.05) is 26.6 Å². The van der Waals surface area contributed by atoms with Gasteiger partial charge in [-0.15, -0.1) is 0 Å². The maximum Gasteiger partial charge on any atom is 0.243 e. The van der Waals surface area contributed by atoms with E-state index in [0.717, 1.165) is 36.1 Å². The fourth-order valence-electron chi connectivity index (χ4n) is 4.94. The molecule has 0 saturated carbocycles. The van der Waals surface area contributed by atoms with Gasteiger partial charge in [0.15, 0.2) is 0 Å². The molecule has 1 aliphatic rings. The van der Waals surface area contributed by atoms with E-state index >= 15 is 0 Å². The van der Waals surface area contributed by atoms with E-state index in [0.29, 0.717) is 32.5 Å². The van der Waals surface area contributed by atoms with Crippen LogP contribution in [0.1, 0.15) is 51.2 Å². The van der Waals surface area contributed by atoms with E-state index in [9.17, 15) is 14.4 Å². The van der Waals surface area contributed by atoms with Crippen molar-refractivity contribution < 1.29 is 19.1 Å². The minimum atomic E-state index is -0.754. The van der Waals surface area contributed by atoms with Gasteiger partial charge in [-0.25, -0.2) is 0 Å². The van der Waals surface area contributed by atoms with Crippen molar-refractivity contribution in [3.05, 3.63) is 65.7 Å². The van der Waals surface area contributed by atoms with Crippen molar-refractivity contribution in [2.45, 2.75) is 71.0 Å². The highest BCUT2D eigenvalue weighted by Gasteiger charge is 2.34. The molecule has 0 aromatic heterocycles. The van der Waals surface area contributed by atoms with E-state index in [1.54, 1.807) is 7.05 Å². The number of fused-ring (bicyclic) bond motifs is 1. The van der Waals surface area contributed by atoms with Crippen molar-refractivity contribution >= 4 is 17.7 Å². The second kappa shape index (κ2) is 15.3. The third kappa shape index (κ3) is 8.55. The average Bonchev–Trinajstić information content (AvgIpc) is 2.95. The molecule has 3 unspecified atom stereocenters. The number of rotatable bonds is 5. The van der Waals surface area contributed by atoms with Crippen molar-refractivity contribution in [1.29, 1.82) is 0 Å². The molecular formula is C31H44N4O4. The van der Waals surface area contributed by atoms with Gasteiger partial charge in [0.1, 0.15) is 24.4 Å². The second-order valence-electron chi connectivity index (χ2n) is 10.3. The first kappa shape index (κ1) is 30.2. The van der Waals surface area contributed by atoms with Gasteiger partial charge in [-0.05, 0) is 42.4 Å². The van der Waals surface area contributed by atoms with Crippen LogP contribution >= 0.6 is 0 Å². The van der Waals surface area contributed by atoms with Gasteiger partial charge in [0.05, 0.1) is 6.04 Å². The summed E-state index contributed by atoms with van der Waals surface area (Å²) >= 11 is 0. The minimum absolute atomic E-state index is 0.0648. The molecular weight excluding hydrogens is 492 g/mol. The van der Waals surface area contributed by atoms with Gasteiger partial charge in [0.2, 0.25) is 17.7 Å². The second-order valence-corrected chi connectivity index (χ2v) is 10.3. The first-order valence-corrected chi connectivity index (χ1v) is 14.2. The van der Waals surface area contributed by atoms with Crippen molar-refractivity contribution in [3.8, 4) is 5.75 Å². The zero-order chi connectivity index (χ0) is 28.2. The summed E-state index contributed by atoms with van der Waals surface area (Å²) < 4.78 is 6.08. The smallest absolute Gasteiger partial charge is 0.243 e. The summed E-state index contributed by atoms with van der Waals surface area (Å²) in [6, 6.07) is 15.6. The lowest BCUT2D eigenvalue weighted by Crippen LogP contribution is -2.58. The van der Waals surface area contributed by atoms with E-state index < -0.39 is 18.1 Å². The Labute approximate surface area is 232 Å². The lowest BCUT2D eigenvalue weighted by atomic mass is 9.97. The predicted octanol–water partition coefficient (Wildman–Crippen LogP) is 3.10. The number of nitrogens with zero attached hydrogens (tertiary/aromatic N) is 1. The van der Waals surface area contributed by atoms with Crippen LogP contribution in [-0.4, -0.2) is 67.5 Å². The topological polar surface area (TPSA) is 99.8 Å². The summed E-state index contributed by atoms with van der Waals surface area (Å²) in [4.78, 5) is 42.0. The summed E-state index contributed by atoms with van der Waals surface area (Å²) in [5, 5.41) is 9.35. The monoisotopic (exact) mass is 536 g/mol. The minimum Gasteiger partial charge on any atom is -0.492 e. The molecule has 8 heteroatoms. The van der Waals surface area contributed by atoms with E-state index in [-0.39, 0.29) is 23.6 Å². The first-order chi connectivity index (χ1) is 18.8. The van der Waals surface area contributed by atoms with E-state index in [2.05, 4.69) is 22.9 Å². The van der Waals surface area contributed by atoms with E-state index in [1.807, 2.05) is 68.4 Å². The average molecular weight is 537 g/mol. The number of hydrogen-bond acceptors (Lipinski definition) is 5. The molecule has 3 rings (SSSR count). The summed E-state index contributed by atoms with van der Waals surface area (Å²) in [6.07, 6.45) is 3.09. The number of nitrogens with one attached hydrogen (secondary N) is 3. The van der Waals surface area contributed by atoms with Crippen LogP contribution in [-0.2, 0) is 27.2 Å². The molecule has 0 aliphatic carbocycles. The van der Waals surface area contributed by atoms with Crippen LogP contribution in [0.5, 0.6) is 5.75 Å². The lowest BCUT2D eigenvalue weighted by Gasteiger charge is -2.33. The third-order valence-corrected chi connectivity index (χ3v) is 7.52. The molecule has 0 radical (unpaired) electrons. The predicted molar refractivity (Wildman–Crippen MR) is 153 cm³/mol. The molecule has 2 aromatic rings. The number of carbonyl (C=O) groups excluding carboxylic acids is 3. The molecule has 4 atom stereocenters. The Balaban J connectivity index is 1.88. The number of hydrogen-bond donors (Lipinski definition) is 3. The number of amides is 3. The Morgan fingerprint density at radius 2 is 1.69 bits per heavy atom. The number of likely N-dealkylation sites (N-methyl/N-ethyl adjacent to an activating group) is 1. The number of para-hydroxylation sites is 1. The number of ether oxygens (including phenoxy) is 1. The molecule has 8 nitrogen and oxygen atoms in total. The first-order valence-electron chi connectivity index (χ1n) is 14.2. The molecule has 0 saturated heterocycles. The van der Waals surface area contributed by atoms with E-state index in [4.69, 9.17) is 4.74 Å². The fourth-order valence-corrected chi connectivity index (χ4v) is 4.94. The highest BCUT2D eigenvalue weighted by Crippen LogP contribution is 2.20. The highest BCUT2D eigenvalue weighted by molar-refractivity contribution is 5.93. The van der Waals surface area contributed by atoms with Crippen LogP contribution in [0.3, 0.4) is 0 Å². The number of benzene rings is 2. The standard InChI is InChI=1S/C31H44N4O4/c1-5-22(3)28-31(38)35(4)26(6-2)30(37)34-25(21-23-13-8-7-9-14-23)29(36)33-18-12-16-24-15-10-11-17-27(24)39-20-19-32-28/h7-11,13-15,17,22,25-26,28,32H,5-6,12,16,18-21H2,1-4H3,(H,33,36)(H,34,37)/t22?,25?,26?,28-/m0/s1. The molecule has 3 amide bonds. The molecule has 212 valence electrons. The quantitative estimate of drug-likeness (QED) is 0.546. The zero-order valence-electron chi connectivity index (χ0n) is 23.7. The summed E-state index contributed by atoms with van der Waals surface area (Å²) in [6.45, 7) is 7.35. The summed E-state index contributed by atoms with van der Waals surface area (Å²) in [5.41, 5.74) is 2.02. The normalized spacial score (nSPS) is 22.9. The third-order valence-electron chi connectivity index (χ3n) is 7.52. The van der Waals surface area contributed by atoms with E-state index in [1.165, 1.54) is 4.90 Å². The summed E-state index contributed by atoms with van der Waals surface area (Å²) in [5.74, 6) is 0.175. The van der Waals surface area contributed by atoms with Crippen LogP contribution in [0.4, 0.5) is 0 Å². The lowest BCUT2D eigenvalue weighted by molar-refractivity contribution is -0.142. The van der Waals surface area contributed by atoms with Gasteiger partial charge in [0.25, 0.3) is 0 Å². The van der Waals surface area contributed by atoms with Crippen molar-refractivity contribution in [2.24, 2.45) is 5.92 Å². The van der Waals surface area contributed by atoms with Crippen molar-refractivity contribution in [3.63, 3.8) is 0 Å². The zero-order valence-corrected chi connectivity index (χ0v) is 23.7. The van der Waals surface area contributed by atoms with Crippen LogP contribution in [0.2, 0.25) is 0 Å². The van der Waals surface area contributed by atoms with Gasteiger partial charge < -0.3 is 25.6 Å². The Morgan fingerprint density at radius 1 is 0.974 bits per heavy atom. The molecule has 0 bridgehead atoms. The Kier molecular flexibility index (Phi) is 11.8. The maximum absolute atomic E-state index is 13.7. The highest BCUT2D eigenvalue weighted by atomic mass is 16.5. The van der Waals surface area contributed by atoms with Crippen LogP contribution in [0.25, 0.3) is 0 Å².